The zero-order chi connectivity index (χ0) is 21.7. The van der Waals surface area contributed by atoms with Gasteiger partial charge in [0.15, 0.2) is 16.6 Å². The molecule has 1 aliphatic heterocycles. The van der Waals surface area contributed by atoms with Crippen molar-refractivity contribution in [1.82, 2.24) is 5.32 Å². The van der Waals surface area contributed by atoms with Crippen LogP contribution < -0.4 is 25.0 Å². The number of rotatable bonds is 7. The molecule has 0 aliphatic carbocycles. The average molecular weight is 428 g/mol. The fourth-order valence-electron chi connectivity index (χ4n) is 3.76. The maximum Gasteiger partial charge on any atom is 0.227 e. The van der Waals surface area contributed by atoms with E-state index in [4.69, 9.17) is 21.7 Å². The van der Waals surface area contributed by atoms with E-state index in [0.29, 0.717) is 23.0 Å². The first-order valence-corrected chi connectivity index (χ1v) is 10.6. The van der Waals surface area contributed by atoms with Crippen LogP contribution in [0.15, 0.2) is 36.4 Å². The Morgan fingerprint density at radius 1 is 1.17 bits per heavy atom. The van der Waals surface area contributed by atoms with Crippen LogP contribution in [0.2, 0.25) is 0 Å². The van der Waals surface area contributed by atoms with Crippen molar-refractivity contribution in [3.63, 3.8) is 0 Å². The van der Waals surface area contributed by atoms with Crippen LogP contribution >= 0.6 is 12.2 Å². The Labute approximate surface area is 183 Å². The highest BCUT2D eigenvalue weighted by Crippen LogP contribution is 2.31. The van der Waals surface area contributed by atoms with Crippen molar-refractivity contribution in [2.75, 3.05) is 31.0 Å². The lowest BCUT2D eigenvalue weighted by Crippen LogP contribution is -2.32. The first kappa shape index (κ1) is 21.9. The van der Waals surface area contributed by atoms with Gasteiger partial charge in [0, 0.05) is 24.3 Å². The van der Waals surface area contributed by atoms with Crippen LogP contribution in [-0.2, 0) is 4.79 Å². The number of amides is 1. The summed E-state index contributed by atoms with van der Waals surface area (Å²) in [5.74, 6) is 1.58. The number of nitrogens with zero attached hydrogens (tertiary/aromatic N) is 1. The summed E-state index contributed by atoms with van der Waals surface area (Å²) >= 11 is 5.55. The van der Waals surface area contributed by atoms with Crippen molar-refractivity contribution >= 4 is 34.6 Å². The third kappa shape index (κ3) is 4.84. The third-order valence-corrected chi connectivity index (χ3v) is 5.56. The van der Waals surface area contributed by atoms with E-state index in [1.54, 1.807) is 14.2 Å². The molecule has 0 radical (unpaired) electrons. The van der Waals surface area contributed by atoms with Crippen molar-refractivity contribution in [2.45, 2.75) is 39.2 Å². The van der Waals surface area contributed by atoms with E-state index in [0.717, 1.165) is 41.9 Å². The number of ether oxygens (including phenoxy) is 2. The van der Waals surface area contributed by atoms with Gasteiger partial charge in [0.1, 0.15) is 0 Å². The van der Waals surface area contributed by atoms with Gasteiger partial charge in [-0.15, -0.1) is 0 Å². The minimum Gasteiger partial charge on any atom is -0.493 e. The molecular formula is C23H29N3O3S. The number of hydrogen-bond donors (Lipinski definition) is 2. The topological polar surface area (TPSA) is 62.8 Å². The second-order valence-electron chi connectivity index (χ2n) is 7.32. The lowest BCUT2D eigenvalue weighted by molar-refractivity contribution is -0.117. The number of carbonyl (C=O) groups is 1. The van der Waals surface area contributed by atoms with Gasteiger partial charge in [0.25, 0.3) is 0 Å². The Kier molecular flexibility index (Phi) is 7.15. The molecule has 0 bridgehead atoms. The largest absolute Gasteiger partial charge is 0.493 e. The van der Waals surface area contributed by atoms with Gasteiger partial charge in [-0.2, -0.15) is 0 Å². The lowest BCUT2D eigenvalue weighted by Gasteiger charge is -2.22. The third-order valence-electron chi connectivity index (χ3n) is 5.34. The van der Waals surface area contributed by atoms with Crippen LogP contribution in [-0.4, -0.2) is 31.8 Å². The lowest BCUT2D eigenvalue weighted by atomic mass is 10.0. The Bertz CT molecular complexity index is 932. The summed E-state index contributed by atoms with van der Waals surface area (Å²) < 4.78 is 10.7. The van der Waals surface area contributed by atoms with Crippen LogP contribution in [0.25, 0.3) is 0 Å². The van der Waals surface area contributed by atoms with Crippen LogP contribution in [0.5, 0.6) is 11.5 Å². The summed E-state index contributed by atoms with van der Waals surface area (Å²) in [6, 6.07) is 11.9. The predicted molar refractivity (Wildman–Crippen MR) is 125 cm³/mol. The molecule has 6 nitrogen and oxygen atoms in total. The number of aryl methyl sites for hydroxylation is 1. The first-order valence-electron chi connectivity index (χ1n) is 10.2. The molecule has 1 heterocycles. The highest BCUT2D eigenvalue weighted by atomic mass is 32.1. The van der Waals surface area contributed by atoms with Crippen molar-refractivity contribution in [2.24, 2.45) is 0 Å². The Hall–Kier alpha value is -2.80. The van der Waals surface area contributed by atoms with Crippen molar-refractivity contribution < 1.29 is 14.3 Å². The van der Waals surface area contributed by atoms with Gasteiger partial charge >= 0.3 is 0 Å². The van der Waals surface area contributed by atoms with Gasteiger partial charge in [0.2, 0.25) is 5.91 Å². The van der Waals surface area contributed by atoms with E-state index in [1.165, 1.54) is 0 Å². The molecule has 2 N–H and O–H groups in total. The molecule has 1 saturated heterocycles. The molecule has 0 aromatic heterocycles. The van der Waals surface area contributed by atoms with Gasteiger partial charge in [-0.3, -0.25) is 4.79 Å². The second-order valence-corrected chi connectivity index (χ2v) is 7.73. The van der Waals surface area contributed by atoms with Crippen LogP contribution in [0.4, 0.5) is 11.4 Å². The molecule has 1 unspecified atom stereocenters. The molecule has 30 heavy (non-hydrogen) atoms. The van der Waals surface area contributed by atoms with E-state index < -0.39 is 0 Å². The van der Waals surface area contributed by atoms with Crippen LogP contribution in [0.3, 0.4) is 0 Å². The van der Waals surface area contributed by atoms with Gasteiger partial charge in [-0.1, -0.05) is 13.0 Å². The van der Waals surface area contributed by atoms with E-state index in [-0.39, 0.29) is 11.9 Å². The summed E-state index contributed by atoms with van der Waals surface area (Å²) in [6.07, 6.45) is 2.40. The Morgan fingerprint density at radius 3 is 2.53 bits per heavy atom. The molecule has 1 amide bonds. The van der Waals surface area contributed by atoms with Gasteiger partial charge in [-0.25, -0.2) is 0 Å². The number of thiocarbonyl (C=S) groups is 1. The molecule has 2 aromatic rings. The second kappa shape index (κ2) is 9.80. The number of carbonyl (C=O) groups excluding carboxylic acids is 1. The van der Waals surface area contributed by atoms with Crippen molar-refractivity contribution in [3.05, 3.63) is 47.5 Å². The van der Waals surface area contributed by atoms with E-state index >= 15 is 0 Å². The maximum absolute atomic E-state index is 12.0. The smallest absolute Gasteiger partial charge is 0.227 e. The average Bonchev–Trinajstić information content (AvgIpc) is 3.17. The SMILES string of the molecule is CCC(NC(=S)Nc1ccc(N2CCCC2=O)c(C)c1)c1ccc(OC)c(OC)c1. The molecule has 0 spiro atoms. The summed E-state index contributed by atoms with van der Waals surface area (Å²) in [6.45, 7) is 4.90. The molecule has 160 valence electrons. The van der Waals surface area contributed by atoms with Crippen LogP contribution in [0.1, 0.15) is 43.4 Å². The zero-order valence-corrected chi connectivity index (χ0v) is 18.8. The fraction of sp³-hybridized carbons (Fsp3) is 0.391. The monoisotopic (exact) mass is 427 g/mol. The number of benzene rings is 2. The maximum atomic E-state index is 12.0. The number of methoxy groups -OCH3 is 2. The van der Waals surface area contributed by atoms with Crippen LogP contribution in [0, 0.1) is 6.92 Å². The number of nitrogens with one attached hydrogen (secondary N) is 2. The standard InChI is InChI=1S/C23H29N3O3S/c1-5-18(16-8-11-20(28-3)21(14-16)29-4)25-23(30)24-17-9-10-19(15(2)13-17)26-12-6-7-22(26)27/h8-11,13-14,18H,5-7,12H2,1-4H3,(H2,24,25,30). The number of hydrogen-bond acceptors (Lipinski definition) is 4. The molecule has 3 rings (SSSR count). The molecular weight excluding hydrogens is 398 g/mol. The molecule has 1 fully saturated rings. The van der Waals surface area contributed by atoms with Crippen molar-refractivity contribution in [1.29, 1.82) is 0 Å². The summed E-state index contributed by atoms with van der Waals surface area (Å²) in [5.41, 5.74) is 3.98. The quantitative estimate of drug-likeness (QED) is 0.631. The summed E-state index contributed by atoms with van der Waals surface area (Å²) in [7, 11) is 3.25. The van der Waals surface area contributed by atoms with E-state index in [9.17, 15) is 4.79 Å². The van der Waals surface area contributed by atoms with Crippen molar-refractivity contribution in [3.8, 4) is 11.5 Å². The van der Waals surface area contributed by atoms with E-state index in [2.05, 4.69) is 17.6 Å². The fourth-order valence-corrected chi connectivity index (χ4v) is 4.02. The minimum atomic E-state index is 0.0346. The predicted octanol–water partition coefficient (Wildman–Crippen LogP) is 4.58. The zero-order valence-electron chi connectivity index (χ0n) is 18.0. The minimum absolute atomic E-state index is 0.0346. The molecule has 0 saturated carbocycles. The van der Waals surface area contributed by atoms with Gasteiger partial charge in [-0.05, 0) is 73.4 Å². The molecule has 1 atom stereocenters. The van der Waals surface area contributed by atoms with Gasteiger partial charge in [0.05, 0.1) is 20.3 Å². The van der Waals surface area contributed by atoms with Gasteiger partial charge < -0.3 is 25.0 Å². The first-order chi connectivity index (χ1) is 14.5. The summed E-state index contributed by atoms with van der Waals surface area (Å²) in [5, 5.41) is 7.18. The summed E-state index contributed by atoms with van der Waals surface area (Å²) in [4.78, 5) is 13.9. The normalized spacial score (nSPS) is 14.4. The Balaban J connectivity index is 1.68. The highest BCUT2D eigenvalue weighted by molar-refractivity contribution is 7.80. The molecule has 2 aromatic carbocycles. The molecule has 1 aliphatic rings. The molecule has 7 heteroatoms. The van der Waals surface area contributed by atoms with E-state index in [1.807, 2.05) is 48.2 Å². The highest BCUT2D eigenvalue weighted by Gasteiger charge is 2.23. The number of anilines is 2. The Morgan fingerprint density at radius 2 is 1.93 bits per heavy atom.